The first-order valence-corrected chi connectivity index (χ1v) is 5.88. The number of aryl methyl sites for hydroxylation is 1. The molecule has 0 radical (unpaired) electrons. The Hall–Kier alpha value is -2.09. The van der Waals surface area contributed by atoms with E-state index in [0.717, 1.165) is 0 Å². The molecular weight excluding hydrogens is 250 g/mol. The molecule has 0 aliphatic rings. The fourth-order valence-electron chi connectivity index (χ4n) is 2.00. The lowest BCUT2D eigenvalue weighted by Crippen LogP contribution is -2.30. The summed E-state index contributed by atoms with van der Waals surface area (Å²) in [6, 6.07) is 0. The summed E-state index contributed by atoms with van der Waals surface area (Å²) in [4.78, 5) is 31.8. The number of imidazole rings is 1. The smallest absolute Gasteiger partial charge is 0.329 e. The Labute approximate surface area is 108 Å². The molecule has 0 aromatic carbocycles. The van der Waals surface area contributed by atoms with Gasteiger partial charge in [0.25, 0.3) is 5.56 Å². The van der Waals surface area contributed by atoms with Gasteiger partial charge in [-0.05, 0) is 6.92 Å². The molecule has 0 bridgehead atoms. The maximum absolute atomic E-state index is 12.0. The summed E-state index contributed by atoms with van der Waals surface area (Å²) in [5.41, 5.74) is -0.423. The number of aliphatic hydroxyl groups is 1. The van der Waals surface area contributed by atoms with Gasteiger partial charge in [-0.15, -0.1) is 0 Å². The fraction of sp³-hybridized carbons (Fsp3) is 0.545. The molecule has 0 fully saturated rings. The van der Waals surface area contributed by atoms with E-state index in [4.69, 9.17) is 0 Å². The van der Waals surface area contributed by atoms with E-state index < -0.39 is 17.4 Å². The van der Waals surface area contributed by atoms with Crippen molar-refractivity contribution in [2.75, 3.05) is 19.0 Å². The average Bonchev–Trinajstić information content (AvgIpc) is 2.65. The number of hydrogen-bond acceptors (Lipinski definition) is 5. The van der Waals surface area contributed by atoms with Crippen molar-refractivity contribution in [3.05, 3.63) is 20.8 Å². The number of nitrogens with zero attached hydrogens (tertiary/aromatic N) is 4. The van der Waals surface area contributed by atoms with Crippen molar-refractivity contribution in [2.24, 2.45) is 7.05 Å². The lowest BCUT2D eigenvalue weighted by Gasteiger charge is -2.15. The van der Waals surface area contributed by atoms with Crippen LogP contribution in [0.3, 0.4) is 0 Å². The van der Waals surface area contributed by atoms with Gasteiger partial charge in [0.05, 0.1) is 12.6 Å². The topological polar surface area (TPSA) is 96.2 Å². The molecule has 0 unspecified atom stereocenters. The van der Waals surface area contributed by atoms with E-state index in [1.165, 1.54) is 4.57 Å². The van der Waals surface area contributed by atoms with E-state index in [1.807, 2.05) is 0 Å². The van der Waals surface area contributed by atoms with Crippen LogP contribution in [0.15, 0.2) is 9.59 Å². The van der Waals surface area contributed by atoms with Gasteiger partial charge in [-0.3, -0.25) is 14.3 Å². The lowest BCUT2D eigenvalue weighted by molar-refractivity contribution is 0.175. The van der Waals surface area contributed by atoms with Crippen LogP contribution in [0, 0.1) is 0 Å². The molecule has 0 saturated heterocycles. The monoisotopic (exact) mass is 267 g/mol. The maximum Gasteiger partial charge on any atom is 0.329 e. The largest absolute Gasteiger partial charge is 0.392 e. The Morgan fingerprint density at radius 2 is 2.05 bits per heavy atom. The van der Waals surface area contributed by atoms with Crippen LogP contribution in [0.5, 0.6) is 0 Å². The SMILES string of the molecule is C[C@@H](O)Cn1c(N(C)C)nc2c1c(=O)[nH]c(=O)n2C. The highest BCUT2D eigenvalue weighted by atomic mass is 16.3. The first kappa shape index (κ1) is 13.3. The van der Waals surface area contributed by atoms with Gasteiger partial charge in [-0.25, -0.2) is 4.79 Å². The van der Waals surface area contributed by atoms with E-state index in [0.29, 0.717) is 11.6 Å². The zero-order valence-electron chi connectivity index (χ0n) is 11.3. The molecule has 8 nitrogen and oxygen atoms in total. The van der Waals surface area contributed by atoms with Gasteiger partial charge >= 0.3 is 5.69 Å². The van der Waals surface area contributed by atoms with Gasteiger partial charge in [0.2, 0.25) is 5.95 Å². The van der Waals surface area contributed by atoms with Gasteiger partial charge in [0, 0.05) is 21.1 Å². The molecule has 8 heteroatoms. The number of aromatic amines is 1. The van der Waals surface area contributed by atoms with Crippen molar-refractivity contribution in [3.8, 4) is 0 Å². The van der Waals surface area contributed by atoms with Crippen molar-refractivity contribution < 1.29 is 5.11 Å². The first-order valence-electron chi connectivity index (χ1n) is 5.88. The Bertz CT molecular complexity index is 722. The highest BCUT2D eigenvalue weighted by Crippen LogP contribution is 2.17. The van der Waals surface area contributed by atoms with Gasteiger partial charge in [-0.1, -0.05) is 0 Å². The molecule has 2 aromatic heterocycles. The van der Waals surface area contributed by atoms with E-state index in [9.17, 15) is 14.7 Å². The van der Waals surface area contributed by atoms with Crippen LogP contribution in [0.1, 0.15) is 6.92 Å². The van der Waals surface area contributed by atoms with Crippen molar-refractivity contribution >= 4 is 17.1 Å². The molecular formula is C11H17N5O3. The summed E-state index contributed by atoms with van der Waals surface area (Å²) in [7, 11) is 5.11. The minimum absolute atomic E-state index is 0.227. The van der Waals surface area contributed by atoms with Crippen molar-refractivity contribution in [3.63, 3.8) is 0 Å². The normalized spacial score (nSPS) is 12.9. The Morgan fingerprint density at radius 1 is 1.42 bits per heavy atom. The molecule has 0 spiro atoms. The van der Waals surface area contributed by atoms with Crippen LogP contribution >= 0.6 is 0 Å². The van der Waals surface area contributed by atoms with Crippen LogP contribution in [0.4, 0.5) is 5.95 Å². The van der Waals surface area contributed by atoms with Crippen LogP contribution in [-0.2, 0) is 13.6 Å². The summed E-state index contributed by atoms with van der Waals surface area (Å²) in [6.45, 7) is 1.85. The second-order valence-corrected chi connectivity index (χ2v) is 4.76. The highest BCUT2D eigenvalue weighted by Gasteiger charge is 2.19. The number of aromatic nitrogens is 4. The number of fused-ring (bicyclic) bond motifs is 1. The zero-order valence-corrected chi connectivity index (χ0v) is 11.3. The molecule has 2 rings (SSSR count). The number of nitrogens with one attached hydrogen (secondary N) is 1. The minimum atomic E-state index is -0.632. The molecule has 0 aliphatic heterocycles. The van der Waals surface area contributed by atoms with Crippen LogP contribution in [0.2, 0.25) is 0 Å². The number of rotatable bonds is 3. The standard InChI is InChI=1S/C11H17N5O3/c1-6(17)5-16-7-8(12-10(16)14(2)3)15(4)11(19)13-9(7)18/h6,17H,5H2,1-4H3,(H,13,18,19)/t6-/m1/s1. The van der Waals surface area contributed by atoms with Crippen LogP contribution in [-0.4, -0.2) is 44.4 Å². The minimum Gasteiger partial charge on any atom is -0.392 e. The van der Waals surface area contributed by atoms with E-state index in [-0.39, 0.29) is 12.1 Å². The number of H-pyrrole nitrogens is 1. The predicted octanol–water partition coefficient (Wildman–Crippen LogP) is -1.13. The molecule has 2 N–H and O–H groups in total. The predicted molar refractivity (Wildman–Crippen MR) is 71.6 cm³/mol. The summed E-state index contributed by atoms with van der Waals surface area (Å²) in [6.07, 6.45) is -0.632. The third-order valence-corrected chi connectivity index (χ3v) is 2.83. The average molecular weight is 267 g/mol. The molecule has 104 valence electrons. The quantitative estimate of drug-likeness (QED) is 0.733. The summed E-state index contributed by atoms with van der Waals surface area (Å²) in [5.74, 6) is 0.516. The van der Waals surface area contributed by atoms with Gasteiger partial charge < -0.3 is 14.6 Å². The second-order valence-electron chi connectivity index (χ2n) is 4.76. The molecule has 1 atom stereocenters. The first-order chi connectivity index (χ1) is 8.82. The Kier molecular flexibility index (Phi) is 3.19. The second kappa shape index (κ2) is 4.54. The van der Waals surface area contributed by atoms with Crippen molar-refractivity contribution in [2.45, 2.75) is 19.6 Å². The molecule has 2 heterocycles. The zero-order chi connectivity index (χ0) is 14.3. The summed E-state index contributed by atoms with van der Waals surface area (Å²) in [5, 5.41) is 9.56. The molecule has 0 saturated carbocycles. The summed E-state index contributed by atoms with van der Waals surface area (Å²) < 4.78 is 2.89. The molecule has 19 heavy (non-hydrogen) atoms. The van der Waals surface area contributed by atoms with E-state index >= 15 is 0 Å². The molecule has 0 aliphatic carbocycles. The van der Waals surface area contributed by atoms with E-state index in [2.05, 4.69) is 9.97 Å². The van der Waals surface area contributed by atoms with Gasteiger partial charge in [0.15, 0.2) is 11.2 Å². The van der Waals surface area contributed by atoms with Gasteiger partial charge in [0.1, 0.15) is 0 Å². The third kappa shape index (κ3) is 2.14. The van der Waals surface area contributed by atoms with Crippen molar-refractivity contribution in [1.29, 1.82) is 0 Å². The Balaban J connectivity index is 2.90. The maximum atomic E-state index is 12.0. The van der Waals surface area contributed by atoms with Gasteiger partial charge in [-0.2, -0.15) is 4.98 Å². The highest BCUT2D eigenvalue weighted by molar-refractivity contribution is 5.74. The third-order valence-electron chi connectivity index (χ3n) is 2.83. The molecule has 0 amide bonds. The Morgan fingerprint density at radius 3 is 2.58 bits per heavy atom. The summed E-state index contributed by atoms with van der Waals surface area (Å²) >= 11 is 0. The number of aliphatic hydroxyl groups excluding tert-OH is 1. The number of hydrogen-bond donors (Lipinski definition) is 2. The fourth-order valence-corrected chi connectivity index (χ4v) is 2.00. The molecule has 2 aromatic rings. The lowest BCUT2D eigenvalue weighted by atomic mass is 10.4. The van der Waals surface area contributed by atoms with Crippen LogP contribution < -0.4 is 16.1 Å². The van der Waals surface area contributed by atoms with Crippen LogP contribution in [0.25, 0.3) is 11.2 Å². The van der Waals surface area contributed by atoms with Crippen molar-refractivity contribution in [1.82, 2.24) is 19.1 Å². The van der Waals surface area contributed by atoms with E-state index in [1.54, 1.807) is 37.5 Å². The number of anilines is 1.